The molecular weight excluding hydrogens is 266 g/mol. The monoisotopic (exact) mass is 291 g/mol. The maximum atomic E-state index is 12.0. The molecule has 1 fully saturated rings. The summed E-state index contributed by atoms with van der Waals surface area (Å²) < 4.78 is 0. The Hall–Kier alpha value is -0.810. The molecule has 5 nitrogen and oxygen atoms in total. The second-order valence-corrected chi connectivity index (χ2v) is 4.92. The number of likely N-dealkylation sites (tertiary alicyclic amines) is 1. The molecule has 0 aliphatic carbocycles. The van der Waals surface area contributed by atoms with Crippen molar-refractivity contribution in [3.05, 3.63) is 0 Å². The van der Waals surface area contributed by atoms with E-state index in [1.54, 1.807) is 4.90 Å². The Balaban J connectivity index is 0.00000324. The van der Waals surface area contributed by atoms with Gasteiger partial charge in [0.2, 0.25) is 11.8 Å². The number of carbonyl (C=O) groups excluding carboxylic acids is 2. The topological polar surface area (TPSA) is 75.4 Å². The van der Waals surface area contributed by atoms with Crippen molar-refractivity contribution in [1.29, 1.82) is 0 Å². The number of nitrogens with two attached hydrogens (primary N) is 1. The van der Waals surface area contributed by atoms with E-state index in [0.29, 0.717) is 26.1 Å². The molecule has 0 saturated carbocycles. The SMILES string of the molecule is CCCCC(CN)NC(=O)C1CC(=O)N(CC)C1.Cl. The molecule has 0 bridgehead atoms. The van der Waals surface area contributed by atoms with Crippen LogP contribution in [0.3, 0.4) is 0 Å². The fourth-order valence-electron chi connectivity index (χ4n) is 2.27. The minimum Gasteiger partial charge on any atom is -0.352 e. The lowest BCUT2D eigenvalue weighted by atomic mass is 10.1. The van der Waals surface area contributed by atoms with Crippen molar-refractivity contribution in [3.8, 4) is 0 Å². The van der Waals surface area contributed by atoms with E-state index >= 15 is 0 Å². The molecule has 0 aromatic carbocycles. The van der Waals surface area contributed by atoms with Crippen LogP contribution in [0, 0.1) is 5.92 Å². The minimum absolute atomic E-state index is 0. The van der Waals surface area contributed by atoms with Crippen LogP contribution >= 0.6 is 12.4 Å². The Morgan fingerprint density at radius 3 is 2.68 bits per heavy atom. The average molecular weight is 292 g/mol. The van der Waals surface area contributed by atoms with E-state index in [9.17, 15) is 9.59 Å². The zero-order valence-electron chi connectivity index (χ0n) is 11.9. The lowest BCUT2D eigenvalue weighted by molar-refractivity contribution is -0.129. The van der Waals surface area contributed by atoms with E-state index in [1.165, 1.54) is 0 Å². The fourth-order valence-corrected chi connectivity index (χ4v) is 2.27. The largest absolute Gasteiger partial charge is 0.352 e. The third-order valence-corrected chi connectivity index (χ3v) is 3.50. The summed E-state index contributed by atoms with van der Waals surface area (Å²) in [6.45, 7) is 5.74. The number of hydrogen-bond acceptors (Lipinski definition) is 3. The molecule has 6 heteroatoms. The molecule has 1 aliphatic heterocycles. The normalized spacial score (nSPS) is 20.1. The number of halogens is 1. The molecule has 0 spiro atoms. The maximum Gasteiger partial charge on any atom is 0.225 e. The van der Waals surface area contributed by atoms with Crippen molar-refractivity contribution in [2.75, 3.05) is 19.6 Å². The summed E-state index contributed by atoms with van der Waals surface area (Å²) in [6, 6.07) is 0.0447. The first-order valence-corrected chi connectivity index (χ1v) is 6.90. The van der Waals surface area contributed by atoms with Crippen LogP contribution in [0.15, 0.2) is 0 Å². The van der Waals surface area contributed by atoms with E-state index in [-0.39, 0.29) is 36.2 Å². The van der Waals surface area contributed by atoms with Crippen molar-refractivity contribution in [2.45, 2.75) is 45.6 Å². The molecule has 1 aliphatic rings. The van der Waals surface area contributed by atoms with Gasteiger partial charge in [0, 0.05) is 32.1 Å². The molecule has 19 heavy (non-hydrogen) atoms. The third kappa shape index (κ3) is 5.37. The van der Waals surface area contributed by atoms with Gasteiger partial charge in [-0.3, -0.25) is 9.59 Å². The van der Waals surface area contributed by atoms with Gasteiger partial charge in [-0.1, -0.05) is 19.8 Å². The molecule has 1 heterocycles. The number of amides is 2. The lowest BCUT2D eigenvalue weighted by Gasteiger charge is -2.19. The fraction of sp³-hybridized carbons (Fsp3) is 0.846. The number of nitrogens with zero attached hydrogens (tertiary/aromatic N) is 1. The predicted molar refractivity (Wildman–Crippen MR) is 78.1 cm³/mol. The van der Waals surface area contributed by atoms with Crippen LogP contribution in [0.4, 0.5) is 0 Å². The number of rotatable bonds is 7. The standard InChI is InChI=1S/C13H25N3O2.ClH/c1-3-5-6-11(8-14)15-13(18)10-7-12(17)16(4-2)9-10;/h10-11H,3-9,14H2,1-2H3,(H,15,18);1H. The molecule has 1 rings (SSSR count). The van der Waals surface area contributed by atoms with E-state index in [1.807, 2.05) is 6.92 Å². The molecular formula is C13H26ClN3O2. The first kappa shape index (κ1) is 18.2. The van der Waals surface area contributed by atoms with Crippen LogP contribution in [0.2, 0.25) is 0 Å². The van der Waals surface area contributed by atoms with Gasteiger partial charge in [0.1, 0.15) is 0 Å². The number of nitrogens with one attached hydrogen (secondary N) is 1. The van der Waals surface area contributed by atoms with Crippen molar-refractivity contribution >= 4 is 24.2 Å². The zero-order valence-corrected chi connectivity index (χ0v) is 12.7. The second-order valence-electron chi connectivity index (χ2n) is 4.92. The number of unbranched alkanes of at least 4 members (excludes halogenated alkanes) is 1. The Labute approximate surface area is 121 Å². The molecule has 2 amide bonds. The summed E-state index contributed by atoms with van der Waals surface area (Å²) in [5, 5.41) is 2.97. The zero-order chi connectivity index (χ0) is 13.5. The van der Waals surface area contributed by atoms with Gasteiger partial charge < -0.3 is 16.0 Å². The molecule has 0 aromatic rings. The molecule has 2 atom stereocenters. The Bertz CT molecular complexity index is 300. The van der Waals surface area contributed by atoms with Crippen molar-refractivity contribution in [3.63, 3.8) is 0 Å². The van der Waals surface area contributed by atoms with E-state index in [4.69, 9.17) is 5.73 Å². The first-order chi connectivity index (χ1) is 8.62. The lowest BCUT2D eigenvalue weighted by Crippen LogP contribution is -2.43. The molecule has 2 unspecified atom stereocenters. The van der Waals surface area contributed by atoms with Gasteiger partial charge >= 0.3 is 0 Å². The highest BCUT2D eigenvalue weighted by atomic mass is 35.5. The van der Waals surface area contributed by atoms with E-state index in [2.05, 4.69) is 12.2 Å². The minimum atomic E-state index is -0.201. The van der Waals surface area contributed by atoms with Crippen molar-refractivity contribution in [2.24, 2.45) is 11.7 Å². The maximum absolute atomic E-state index is 12.0. The first-order valence-electron chi connectivity index (χ1n) is 6.90. The van der Waals surface area contributed by atoms with Crippen LogP contribution in [0.25, 0.3) is 0 Å². The Morgan fingerprint density at radius 2 is 2.21 bits per heavy atom. The van der Waals surface area contributed by atoms with Crippen LogP contribution in [-0.4, -0.2) is 42.4 Å². The van der Waals surface area contributed by atoms with E-state index < -0.39 is 0 Å². The van der Waals surface area contributed by atoms with E-state index in [0.717, 1.165) is 19.3 Å². The van der Waals surface area contributed by atoms with Crippen LogP contribution in [-0.2, 0) is 9.59 Å². The van der Waals surface area contributed by atoms with Gasteiger partial charge in [-0.25, -0.2) is 0 Å². The molecule has 0 radical (unpaired) electrons. The predicted octanol–water partition coefficient (Wildman–Crippen LogP) is 0.910. The van der Waals surface area contributed by atoms with Gasteiger partial charge in [0.25, 0.3) is 0 Å². The number of carbonyl (C=O) groups is 2. The highest BCUT2D eigenvalue weighted by Gasteiger charge is 2.33. The molecule has 112 valence electrons. The Morgan fingerprint density at radius 1 is 1.53 bits per heavy atom. The average Bonchev–Trinajstić information content (AvgIpc) is 2.75. The summed E-state index contributed by atoms with van der Waals surface area (Å²) in [6.07, 6.45) is 3.41. The number of hydrogen-bond donors (Lipinski definition) is 2. The summed E-state index contributed by atoms with van der Waals surface area (Å²) in [4.78, 5) is 25.3. The third-order valence-electron chi connectivity index (χ3n) is 3.50. The summed E-state index contributed by atoms with van der Waals surface area (Å²) in [5.74, 6) is -0.144. The van der Waals surface area contributed by atoms with Crippen LogP contribution in [0.5, 0.6) is 0 Å². The highest BCUT2D eigenvalue weighted by Crippen LogP contribution is 2.17. The molecule has 0 aromatic heterocycles. The smallest absolute Gasteiger partial charge is 0.225 e. The second kappa shape index (κ2) is 9.15. The Kier molecular flexibility index (Phi) is 8.76. The van der Waals surface area contributed by atoms with Crippen molar-refractivity contribution in [1.82, 2.24) is 10.2 Å². The van der Waals surface area contributed by atoms with Gasteiger partial charge in [-0.2, -0.15) is 0 Å². The summed E-state index contributed by atoms with van der Waals surface area (Å²) in [5.41, 5.74) is 5.65. The van der Waals surface area contributed by atoms with Gasteiger partial charge in [0.15, 0.2) is 0 Å². The molecule has 1 saturated heterocycles. The summed E-state index contributed by atoms with van der Waals surface area (Å²) in [7, 11) is 0. The quantitative estimate of drug-likeness (QED) is 0.732. The van der Waals surface area contributed by atoms with Gasteiger partial charge in [-0.15, -0.1) is 12.4 Å². The van der Waals surface area contributed by atoms with Crippen LogP contribution in [0.1, 0.15) is 39.5 Å². The highest BCUT2D eigenvalue weighted by molar-refractivity contribution is 5.89. The van der Waals surface area contributed by atoms with Crippen LogP contribution < -0.4 is 11.1 Å². The summed E-state index contributed by atoms with van der Waals surface area (Å²) >= 11 is 0. The van der Waals surface area contributed by atoms with Gasteiger partial charge in [-0.05, 0) is 13.3 Å². The van der Waals surface area contributed by atoms with Crippen molar-refractivity contribution < 1.29 is 9.59 Å². The molecule has 3 N–H and O–H groups in total. The van der Waals surface area contributed by atoms with Gasteiger partial charge in [0.05, 0.1) is 5.92 Å².